The van der Waals surface area contributed by atoms with Crippen LogP contribution in [0.25, 0.3) is 0 Å². The molecule has 1 aromatic heterocycles. The van der Waals surface area contributed by atoms with Crippen LogP contribution in [-0.4, -0.2) is 29.7 Å². The number of hydrogen-bond donors (Lipinski definition) is 2. The van der Waals surface area contributed by atoms with Gasteiger partial charge in [0.2, 0.25) is 0 Å². The predicted molar refractivity (Wildman–Crippen MR) is 57.5 cm³/mol. The Morgan fingerprint density at radius 2 is 2.47 bits per heavy atom. The molecule has 5 nitrogen and oxygen atoms in total. The summed E-state index contributed by atoms with van der Waals surface area (Å²) in [6.45, 7) is 2.15. The van der Waals surface area contributed by atoms with E-state index in [2.05, 4.69) is 15.3 Å². The van der Waals surface area contributed by atoms with E-state index < -0.39 is 0 Å². The van der Waals surface area contributed by atoms with Crippen molar-refractivity contribution in [2.24, 2.45) is 5.73 Å². The zero-order valence-electron chi connectivity index (χ0n) is 8.65. The van der Waals surface area contributed by atoms with Crippen molar-refractivity contribution in [3.8, 4) is 0 Å². The summed E-state index contributed by atoms with van der Waals surface area (Å²) in [5.41, 5.74) is 6.37. The highest BCUT2D eigenvalue weighted by atomic mass is 16.5. The molecule has 0 bridgehead atoms. The predicted octanol–water partition coefficient (Wildman–Crippen LogP) is 0.699. The molecule has 1 fully saturated rings. The normalized spacial score (nSPS) is 20.5. The standard InChI is InChI=1S/C10H16N4O/c11-3-4-12-10-6-8(13-7-14-10)9-2-1-5-15-9/h6-7,9H,1-5,11H2,(H,12,13,14). The molecule has 1 aliphatic heterocycles. The highest BCUT2D eigenvalue weighted by Gasteiger charge is 2.19. The quantitative estimate of drug-likeness (QED) is 0.762. The molecule has 82 valence electrons. The second-order valence-corrected chi connectivity index (χ2v) is 3.55. The summed E-state index contributed by atoms with van der Waals surface area (Å²) in [5.74, 6) is 0.820. The average molecular weight is 208 g/mol. The monoisotopic (exact) mass is 208 g/mol. The Morgan fingerprint density at radius 1 is 1.53 bits per heavy atom. The van der Waals surface area contributed by atoms with Crippen LogP contribution >= 0.6 is 0 Å². The molecule has 0 amide bonds. The van der Waals surface area contributed by atoms with Gasteiger partial charge >= 0.3 is 0 Å². The maximum atomic E-state index is 5.56. The molecule has 1 saturated heterocycles. The molecule has 2 heterocycles. The molecule has 0 saturated carbocycles. The van der Waals surface area contributed by atoms with Crippen LogP contribution in [0.5, 0.6) is 0 Å². The number of aromatic nitrogens is 2. The number of nitrogens with one attached hydrogen (secondary N) is 1. The molecule has 1 aromatic rings. The topological polar surface area (TPSA) is 73.1 Å². The summed E-state index contributed by atoms with van der Waals surface area (Å²) < 4.78 is 5.56. The van der Waals surface area contributed by atoms with Crippen molar-refractivity contribution < 1.29 is 4.74 Å². The minimum atomic E-state index is 0.145. The first-order chi connectivity index (χ1) is 7.40. The Labute approximate surface area is 89.1 Å². The Morgan fingerprint density at radius 3 is 3.20 bits per heavy atom. The lowest BCUT2D eigenvalue weighted by Crippen LogP contribution is -2.14. The molecule has 0 radical (unpaired) electrons. The van der Waals surface area contributed by atoms with Crippen molar-refractivity contribution in [1.29, 1.82) is 0 Å². The lowest BCUT2D eigenvalue weighted by molar-refractivity contribution is 0.108. The summed E-state index contributed by atoms with van der Waals surface area (Å²) in [6.07, 6.45) is 3.87. The van der Waals surface area contributed by atoms with Gasteiger partial charge < -0.3 is 15.8 Å². The van der Waals surface area contributed by atoms with Crippen LogP contribution in [0.1, 0.15) is 24.6 Å². The zero-order chi connectivity index (χ0) is 10.5. The molecule has 1 unspecified atom stereocenters. The molecule has 15 heavy (non-hydrogen) atoms. The van der Waals surface area contributed by atoms with Crippen molar-refractivity contribution >= 4 is 5.82 Å². The van der Waals surface area contributed by atoms with E-state index in [1.165, 1.54) is 0 Å². The first kappa shape index (κ1) is 10.3. The van der Waals surface area contributed by atoms with E-state index in [1.54, 1.807) is 6.33 Å². The number of hydrogen-bond acceptors (Lipinski definition) is 5. The van der Waals surface area contributed by atoms with Gasteiger partial charge in [0, 0.05) is 25.8 Å². The van der Waals surface area contributed by atoms with Crippen molar-refractivity contribution in [2.45, 2.75) is 18.9 Å². The SMILES string of the molecule is NCCNc1cc(C2CCCO2)ncn1. The summed E-state index contributed by atoms with van der Waals surface area (Å²) in [6, 6.07) is 1.94. The molecular weight excluding hydrogens is 192 g/mol. The van der Waals surface area contributed by atoms with Gasteiger partial charge in [-0.05, 0) is 12.8 Å². The van der Waals surface area contributed by atoms with Crippen molar-refractivity contribution in [1.82, 2.24) is 9.97 Å². The van der Waals surface area contributed by atoms with E-state index in [-0.39, 0.29) is 6.10 Å². The van der Waals surface area contributed by atoms with E-state index in [9.17, 15) is 0 Å². The van der Waals surface area contributed by atoms with Gasteiger partial charge in [-0.15, -0.1) is 0 Å². The highest BCUT2D eigenvalue weighted by molar-refractivity contribution is 5.35. The number of anilines is 1. The lowest BCUT2D eigenvalue weighted by atomic mass is 10.2. The summed E-state index contributed by atoms with van der Waals surface area (Å²) in [7, 11) is 0. The molecule has 0 spiro atoms. The van der Waals surface area contributed by atoms with E-state index in [0.29, 0.717) is 6.54 Å². The van der Waals surface area contributed by atoms with Crippen LogP contribution in [0.3, 0.4) is 0 Å². The van der Waals surface area contributed by atoms with Crippen molar-refractivity contribution in [3.05, 3.63) is 18.1 Å². The number of nitrogens with zero attached hydrogens (tertiary/aromatic N) is 2. The molecule has 5 heteroatoms. The van der Waals surface area contributed by atoms with Crippen LogP contribution in [0, 0.1) is 0 Å². The second kappa shape index (κ2) is 5.04. The lowest BCUT2D eigenvalue weighted by Gasteiger charge is -2.10. The molecule has 2 rings (SSSR count). The van der Waals surface area contributed by atoms with Gasteiger partial charge in [-0.1, -0.05) is 0 Å². The van der Waals surface area contributed by atoms with Crippen LogP contribution < -0.4 is 11.1 Å². The Kier molecular flexibility index (Phi) is 3.47. The Bertz CT molecular complexity index is 312. The maximum Gasteiger partial charge on any atom is 0.129 e. The van der Waals surface area contributed by atoms with Crippen LogP contribution in [0.15, 0.2) is 12.4 Å². The zero-order valence-corrected chi connectivity index (χ0v) is 8.65. The fourth-order valence-corrected chi connectivity index (χ4v) is 1.66. The number of ether oxygens (including phenoxy) is 1. The fraction of sp³-hybridized carbons (Fsp3) is 0.600. The first-order valence-electron chi connectivity index (χ1n) is 5.27. The number of nitrogens with two attached hydrogens (primary N) is 1. The van der Waals surface area contributed by atoms with Gasteiger partial charge in [-0.2, -0.15) is 0 Å². The third kappa shape index (κ3) is 2.64. The van der Waals surface area contributed by atoms with Crippen LogP contribution in [0.4, 0.5) is 5.82 Å². The van der Waals surface area contributed by atoms with Gasteiger partial charge in [0.25, 0.3) is 0 Å². The van der Waals surface area contributed by atoms with Crippen LogP contribution in [0.2, 0.25) is 0 Å². The van der Waals surface area contributed by atoms with Gasteiger partial charge in [0.1, 0.15) is 12.1 Å². The van der Waals surface area contributed by atoms with E-state index in [0.717, 1.165) is 37.5 Å². The van der Waals surface area contributed by atoms with E-state index in [4.69, 9.17) is 10.5 Å². The van der Waals surface area contributed by atoms with Gasteiger partial charge in [-0.3, -0.25) is 0 Å². The van der Waals surface area contributed by atoms with Crippen molar-refractivity contribution in [3.63, 3.8) is 0 Å². The van der Waals surface area contributed by atoms with Gasteiger partial charge in [0.15, 0.2) is 0 Å². The van der Waals surface area contributed by atoms with Crippen molar-refractivity contribution in [2.75, 3.05) is 25.0 Å². The van der Waals surface area contributed by atoms with Gasteiger partial charge in [-0.25, -0.2) is 9.97 Å². The number of rotatable bonds is 4. The molecule has 3 N–H and O–H groups in total. The fourth-order valence-electron chi connectivity index (χ4n) is 1.66. The highest BCUT2D eigenvalue weighted by Crippen LogP contribution is 2.27. The summed E-state index contributed by atoms with van der Waals surface area (Å²) in [4.78, 5) is 8.34. The minimum absolute atomic E-state index is 0.145. The van der Waals surface area contributed by atoms with E-state index >= 15 is 0 Å². The Balaban J connectivity index is 2.04. The van der Waals surface area contributed by atoms with Crippen LogP contribution in [-0.2, 0) is 4.74 Å². The molecule has 1 atom stereocenters. The smallest absolute Gasteiger partial charge is 0.129 e. The summed E-state index contributed by atoms with van der Waals surface area (Å²) >= 11 is 0. The largest absolute Gasteiger partial charge is 0.372 e. The first-order valence-corrected chi connectivity index (χ1v) is 5.27. The Hall–Kier alpha value is -1.20. The molecule has 0 aromatic carbocycles. The second-order valence-electron chi connectivity index (χ2n) is 3.55. The maximum absolute atomic E-state index is 5.56. The van der Waals surface area contributed by atoms with E-state index in [1.807, 2.05) is 6.07 Å². The molecular formula is C10H16N4O. The third-order valence-corrected chi connectivity index (χ3v) is 2.40. The van der Waals surface area contributed by atoms with Gasteiger partial charge in [0.05, 0.1) is 11.8 Å². The third-order valence-electron chi connectivity index (χ3n) is 2.40. The molecule has 0 aliphatic carbocycles. The summed E-state index contributed by atoms with van der Waals surface area (Å²) in [5, 5.41) is 3.13. The minimum Gasteiger partial charge on any atom is -0.372 e. The average Bonchev–Trinajstić information content (AvgIpc) is 2.80. The molecule has 1 aliphatic rings.